The molecule has 2 aromatic rings. The lowest BCUT2D eigenvalue weighted by Crippen LogP contribution is -2.24. The van der Waals surface area contributed by atoms with E-state index in [0.717, 1.165) is 18.2 Å². The maximum Gasteiger partial charge on any atom is 0.418 e. The van der Waals surface area contributed by atoms with E-state index in [2.05, 4.69) is 4.98 Å². The summed E-state index contributed by atoms with van der Waals surface area (Å²) in [7, 11) is 0. The highest BCUT2D eigenvalue weighted by atomic mass is 35.5. The molecule has 0 atom stereocenters. The van der Waals surface area contributed by atoms with Crippen LogP contribution >= 0.6 is 23.5 Å². The standard InChI is InChI=1S/C15H10ClF3N2O3S/c16-11-1-2-12(15(17,18)19)10(5-11)7-21(14(23)24)25-13-6-20-4-3-9(13)8-22/h1-6,8H,7H2,(H,23,24). The van der Waals surface area contributed by atoms with Gasteiger partial charge < -0.3 is 5.11 Å². The van der Waals surface area contributed by atoms with Crippen molar-refractivity contribution < 1.29 is 27.9 Å². The number of carbonyl (C=O) groups excluding carboxylic acids is 1. The van der Waals surface area contributed by atoms with Crippen molar-refractivity contribution in [3.63, 3.8) is 0 Å². The van der Waals surface area contributed by atoms with Crippen LogP contribution in [0, 0.1) is 0 Å². The number of nitrogens with zero attached hydrogens (tertiary/aromatic N) is 2. The molecule has 0 saturated carbocycles. The van der Waals surface area contributed by atoms with Crippen LogP contribution in [-0.4, -0.2) is 26.8 Å². The summed E-state index contributed by atoms with van der Waals surface area (Å²) in [5, 5.41) is 9.35. The van der Waals surface area contributed by atoms with E-state index in [1.807, 2.05) is 0 Å². The summed E-state index contributed by atoms with van der Waals surface area (Å²) < 4.78 is 40.0. The molecule has 0 radical (unpaired) electrons. The van der Waals surface area contributed by atoms with Crippen molar-refractivity contribution in [2.75, 3.05) is 0 Å². The molecule has 1 N–H and O–H groups in total. The zero-order valence-corrected chi connectivity index (χ0v) is 13.9. The molecule has 5 nitrogen and oxygen atoms in total. The lowest BCUT2D eigenvalue weighted by Gasteiger charge is -2.21. The summed E-state index contributed by atoms with van der Waals surface area (Å²) in [4.78, 5) is 26.4. The summed E-state index contributed by atoms with van der Waals surface area (Å²) in [6, 6.07) is 4.31. The molecule has 0 fully saturated rings. The van der Waals surface area contributed by atoms with Gasteiger partial charge in [0.15, 0.2) is 6.29 Å². The minimum Gasteiger partial charge on any atom is -0.464 e. The summed E-state index contributed by atoms with van der Waals surface area (Å²) >= 11 is 6.34. The second kappa shape index (κ2) is 7.75. The number of halogens is 4. The number of carboxylic acid groups (broad SMARTS) is 1. The number of hydrogen-bond acceptors (Lipinski definition) is 4. The normalized spacial score (nSPS) is 11.2. The number of rotatable bonds is 5. The third-order valence-electron chi connectivity index (χ3n) is 3.05. The van der Waals surface area contributed by atoms with Crippen LogP contribution in [0.4, 0.5) is 18.0 Å². The zero-order valence-electron chi connectivity index (χ0n) is 12.3. The van der Waals surface area contributed by atoms with Gasteiger partial charge in [-0.1, -0.05) is 11.6 Å². The quantitative estimate of drug-likeness (QED) is 0.589. The molecule has 1 aromatic carbocycles. The van der Waals surface area contributed by atoms with Crippen LogP contribution in [0.3, 0.4) is 0 Å². The molecule has 0 aliphatic carbocycles. The van der Waals surface area contributed by atoms with Gasteiger partial charge >= 0.3 is 12.3 Å². The molecule has 0 bridgehead atoms. The Bertz CT molecular complexity index is 802. The topological polar surface area (TPSA) is 70.5 Å². The largest absolute Gasteiger partial charge is 0.464 e. The van der Waals surface area contributed by atoms with Crippen molar-refractivity contribution >= 4 is 35.9 Å². The summed E-state index contributed by atoms with van der Waals surface area (Å²) in [5.41, 5.74) is -1.11. The fourth-order valence-corrected chi connectivity index (χ4v) is 2.99. The highest BCUT2D eigenvalue weighted by molar-refractivity contribution is 7.97. The zero-order chi connectivity index (χ0) is 18.6. The molecule has 0 saturated heterocycles. The van der Waals surface area contributed by atoms with E-state index < -0.39 is 24.4 Å². The second-order valence-electron chi connectivity index (χ2n) is 4.74. The fraction of sp³-hybridized carbons (Fsp3) is 0.133. The lowest BCUT2D eigenvalue weighted by molar-refractivity contribution is -0.138. The van der Waals surface area contributed by atoms with Crippen LogP contribution in [0.15, 0.2) is 41.6 Å². The smallest absolute Gasteiger partial charge is 0.418 e. The van der Waals surface area contributed by atoms with Gasteiger partial charge in [-0.05, 0) is 41.8 Å². The molecule has 1 amide bonds. The first kappa shape index (κ1) is 19.1. The van der Waals surface area contributed by atoms with Crippen LogP contribution < -0.4 is 0 Å². The second-order valence-corrected chi connectivity index (χ2v) is 6.24. The molecule has 0 aliphatic rings. The summed E-state index contributed by atoms with van der Waals surface area (Å²) in [6.07, 6.45) is -3.02. The molecular formula is C15H10ClF3N2O3S. The van der Waals surface area contributed by atoms with Gasteiger partial charge in [-0.2, -0.15) is 13.2 Å². The number of aldehydes is 1. The van der Waals surface area contributed by atoms with Gasteiger partial charge in [0.2, 0.25) is 0 Å². The molecule has 1 heterocycles. The molecular weight excluding hydrogens is 381 g/mol. The van der Waals surface area contributed by atoms with E-state index in [9.17, 15) is 27.9 Å². The van der Waals surface area contributed by atoms with Crippen LogP contribution in [0.5, 0.6) is 0 Å². The minimum absolute atomic E-state index is 0.0493. The van der Waals surface area contributed by atoms with Gasteiger partial charge in [-0.3, -0.25) is 9.78 Å². The maximum atomic E-state index is 13.1. The Morgan fingerprint density at radius 1 is 1.36 bits per heavy atom. The number of hydrogen-bond donors (Lipinski definition) is 1. The van der Waals surface area contributed by atoms with E-state index in [-0.39, 0.29) is 21.0 Å². The molecule has 132 valence electrons. The number of amides is 1. The van der Waals surface area contributed by atoms with Gasteiger partial charge in [0.05, 0.1) is 17.0 Å². The molecule has 0 unspecified atom stereocenters. The van der Waals surface area contributed by atoms with Crippen molar-refractivity contribution in [2.24, 2.45) is 0 Å². The van der Waals surface area contributed by atoms with Gasteiger partial charge in [0.1, 0.15) is 0 Å². The number of pyridine rings is 1. The van der Waals surface area contributed by atoms with Crippen molar-refractivity contribution in [1.82, 2.24) is 9.29 Å². The summed E-state index contributed by atoms with van der Waals surface area (Å²) in [5.74, 6) is 0. The molecule has 2 rings (SSSR count). The first-order valence-electron chi connectivity index (χ1n) is 6.65. The van der Waals surface area contributed by atoms with Crippen LogP contribution in [0.25, 0.3) is 0 Å². The molecule has 1 aromatic heterocycles. The predicted octanol–water partition coefficient (Wildman–Crippen LogP) is 4.75. The average molecular weight is 391 g/mol. The van der Waals surface area contributed by atoms with Gasteiger partial charge in [-0.15, -0.1) is 0 Å². The highest BCUT2D eigenvalue weighted by Crippen LogP contribution is 2.35. The number of benzene rings is 1. The Kier molecular flexibility index (Phi) is 5.91. The third-order valence-corrected chi connectivity index (χ3v) is 4.33. The SMILES string of the molecule is O=Cc1ccncc1SN(Cc1cc(Cl)ccc1C(F)(F)F)C(=O)O. The Morgan fingerprint density at radius 2 is 2.08 bits per heavy atom. The Labute approximate surface area is 149 Å². The maximum absolute atomic E-state index is 13.1. The van der Waals surface area contributed by atoms with Crippen LogP contribution in [0.1, 0.15) is 21.5 Å². The lowest BCUT2D eigenvalue weighted by atomic mass is 10.1. The molecule has 0 aliphatic heterocycles. The van der Waals surface area contributed by atoms with Crippen molar-refractivity contribution in [2.45, 2.75) is 17.6 Å². The van der Waals surface area contributed by atoms with Crippen molar-refractivity contribution in [3.8, 4) is 0 Å². The van der Waals surface area contributed by atoms with E-state index in [0.29, 0.717) is 22.5 Å². The first-order valence-corrected chi connectivity index (χ1v) is 7.80. The Balaban J connectivity index is 2.36. The third kappa shape index (κ3) is 4.86. The molecule has 10 heteroatoms. The summed E-state index contributed by atoms with van der Waals surface area (Å²) in [6.45, 7) is -0.581. The minimum atomic E-state index is -4.66. The van der Waals surface area contributed by atoms with E-state index >= 15 is 0 Å². The Morgan fingerprint density at radius 3 is 2.68 bits per heavy atom. The average Bonchev–Trinajstić information content (AvgIpc) is 2.53. The van der Waals surface area contributed by atoms with Crippen LogP contribution in [0.2, 0.25) is 5.02 Å². The number of alkyl halides is 3. The van der Waals surface area contributed by atoms with Gasteiger partial charge in [-0.25, -0.2) is 9.10 Å². The van der Waals surface area contributed by atoms with Crippen molar-refractivity contribution in [1.29, 1.82) is 0 Å². The van der Waals surface area contributed by atoms with E-state index in [1.165, 1.54) is 18.5 Å². The highest BCUT2D eigenvalue weighted by Gasteiger charge is 2.34. The van der Waals surface area contributed by atoms with Gasteiger partial charge in [0.25, 0.3) is 0 Å². The van der Waals surface area contributed by atoms with E-state index in [1.54, 1.807) is 0 Å². The monoisotopic (exact) mass is 390 g/mol. The molecule has 0 spiro atoms. The van der Waals surface area contributed by atoms with Crippen LogP contribution in [-0.2, 0) is 12.7 Å². The van der Waals surface area contributed by atoms with Gasteiger partial charge in [0, 0.05) is 23.0 Å². The Hall–Kier alpha value is -2.26. The predicted molar refractivity (Wildman–Crippen MR) is 85.5 cm³/mol. The number of carbonyl (C=O) groups is 2. The molecule has 25 heavy (non-hydrogen) atoms. The number of aromatic nitrogens is 1. The van der Waals surface area contributed by atoms with Crippen molar-refractivity contribution in [3.05, 3.63) is 58.4 Å². The first-order chi connectivity index (χ1) is 11.7. The van der Waals surface area contributed by atoms with E-state index in [4.69, 9.17) is 11.6 Å². The fourth-order valence-electron chi connectivity index (χ4n) is 1.95.